The lowest BCUT2D eigenvalue weighted by atomic mass is 9.94. The quantitative estimate of drug-likeness (QED) is 0.803. The van der Waals surface area contributed by atoms with Gasteiger partial charge < -0.3 is 20.1 Å². The molecule has 2 saturated heterocycles. The van der Waals surface area contributed by atoms with Gasteiger partial charge in [-0.1, -0.05) is 13.3 Å². The highest BCUT2D eigenvalue weighted by atomic mass is 16.5. The number of nitrogens with zero attached hydrogens (tertiary/aromatic N) is 1. The Kier molecular flexibility index (Phi) is 4.29. The first-order valence-corrected chi connectivity index (χ1v) is 6.95. The van der Waals surface area contributed by atoms with Crippen LogP contribution < -0.4 is 5.32 Å². The topological polar surface area (TPSA) is 78.9 Å². The fourth-order valence-electron chi connectivity index (χ4n) is 2.71. The first kappa shape index (κ1) is 14.1. The molecule has 2 aliphatic rings. The molecular weight excluding hydrogens is 248 g/mol. The number of aliphatic carboxylic acids is 1. The number of carboxylic acid groups (broad SMARTS) is 1. The molecule has 0 aliphatic carbocycles. The van der Waals surface area contributed by atoms with Crippen LogP contribution in [0.25, 0.3) is 0 Å². The third-order valence-electron chi connectivity index (χ3n) is 4.26. The Hall–Kier alpha value is -1.30. The van der Waals surface area contributed by atoms with Gasteiger partial charge >= 0.3 is 12.0 Å². The Balaban J connectivity index is 1.92. The number of carbonyl (C=O) groups excluding carboxylic acids is 1. The van der Waals surface area contributed by atoms with Gasteiger partial charge in [-0.3, -0.25) is 0 Å². The largest absolute Gasteiger partial charge is 0.479 e. The fraction of sp³-hybridized carbons (Fsp3) is 0.846. The van der Waals surface area contributed by atoms with E-state index in [0.29, 0.717) is 32.0 Å². The molecule has 0 spiro atoms. The summed E-state index contributed by atoms with van der Waals surface area (Å²) >= 11 is 0. The smallest absolute Gasteiger partial charge is 0.332 e. The van der Waals surface area contributed by atoms with Gasteiger partial charge in [0.25, 0.3) is 0 Å². The molecule has 0 aromatic rings. The first-order valence-electron chi connectivity index (χ1n) is 6.95. The number of likely N-dealkylation sites (tertiary alicyclic amines) is 1. The molecule has 6 nitrogen and oxygen atoms in total. The molecule has 1 unspecified atom stereocenters. The van der Waals surface area contributed by atoms with Crippen molar-refractivity contribution in [3.05, 3.63) is 0 Å². The maximum Gasteiger partial charge on any atom is 0.332 e. The van der Waals surface area contributed by atoms with Crippen LogP contribution in [-0.2, 0) is 9.53 Å². The van der Waals surface area contributed by atoms with E-state index in [4.69, 9.17) is 4.74 Å². The van der Waals surface area contributed by atoms with Crippen molar-refractivity contribution in [2.45, 2.75) is 38.1 Å². The van der Waals surface area contributed by atoms with Crippen molar-refractivity contribution in [3.8, 4) is 0 Å². The van der Waals surface area contributed by atoms with Crippen molar-refractivity contribution in [1.29, 1.82) is 0 Å². The van der Waals surface area contributed by atoms with E-state index in [-0.39, 0.29) is 12.6 Å². The minimum atomic E-state index is -1.24. The predicted octanol–water partition coefficient (Wildman–Crippen LogP) is 1.06. The van der Waals surface area contributed by atoms with Crippen molar-refractivity contribution in [2.75, 3.05) is 26.3 Å². The number of ether oxygens (including phenoxy) is 1. The Morgan fingerprint density at radius 1 is 1.42 bits per heavy atom. The second-order valence-electron chi connectivity index (χ2n) is 5.46. The van der Waals surface area contributed by atoms with Crippen molar-refractivity contribution < 1.29 is 19.4 Å². The van der Waals surface area contributed by atoms with Gasteiger partial charge in [-0.25, -0.2) is 9.59 Å². The third-order valence-corrected chi connectivity index (χ3v) is 4.26. The number of hydrogen-bond acceptors (Lipinski definition) is 3. The lowest BCUT2D eigenvalue weighted by Gasteiger charge is -2.34. The van der Waals surface area contributed by atoms with Gasteiger partial charge in [0.1, 0.15) is 0 Å². The molecule has 108 valence electrons. The number of hydrogen-bond donors (Lipinski definition) is 2. The summed E-state index contributed by atoms with van der Waals surface area (Å²) in [6.45, 7) is 4.02. The highest BCUT2D eigenvalue weighted by molar-refractivity contribution is 5.86. The second kappa shape index (κ2) is 5.77. The molecule has 0 aromatic heterocycles. The van der Waals surface area contributed by atoms with Gasteiger partial charge in [-0.2, -0.15) is 0 Å². The maximum absolute atomic E-state index is 12.2. The molecule has 0 saturated carbocycles. The average molecular weight is 270 g/mol. The molecule has 0 radical (unpaired) electrons. The molecular formula is C13H22N2O4. The minimum Gasteiger partial charge on any atom is -0.479 e. The van der Waals surface area contributed by atoms with Crippen LogP contribution in [0.3, 0.4) is 0 Å². The van der Waals surface area contributed by atoms with Gasteiger partial charge in [-0.05, 0) is 18.8 Å². The zero-order chi connectivity index (χ0) is 13.9. The fourth-order valence-corrected chi connectivity index (χ4v) is 2.71. The van der Waals surface area contributed by atoms with Crippen LogP contribution in [0.4, 0.5) is 4.79 Å². The van der Waals surface area contributed by atoms with E-state index in [1.807, 2.05) is 0 Å². The highest BCUT2D eigenvalue weighted by Gasteiger charge is 2.44. The van der Waals surface area contributed by atoms with Gasteiger partial charge in [0.05, 0.1) is 6.61 Å². The molecule has 2 N–H and O–H groups in total. The Labute approximate surface area is 113 Å². The highest BCUT2D eigenvalue weighted by Crippen LogP contribution is 2.22. The molecule has 19 heavy (non-hydrogen) atoms. The number of urea groups is 1. The molecule has 2 amide bonds. The summed E-state index contributed by atoms with van der Waals surface area (Å²) in [6.07, 6.45) is 3.48. The van der Waals surface area contributed by atoms with E-state index in [9.17, 15) is 14.7 Å². The number of amides is 2. The molecule has 1 atom stereocenters. The van der Waals surface area contributed by atoms with Crippen LogP contribution in [0.5, 0.6) is 0 Å². The van der Waals surface area contributed by atoms with Gasteiger partial charge in [-0.15, -0.1) is 0 Å². The molecule has 6 heteroatoms. The first-order chi connectivity index (χ1) is 9.07. The number of rotatable bonds is 3. The molecule has 2 fully saturated rings. The minimum absolute atomic E-state index is 0.0551. The van der Waals surface area contributed by atoms with Crippen molar-refractivity contribution in [1.82, 2.24) is 10.2 Å². The van der Waals surface area contributed by atoms with E-state index in [1.165, 1.54) is 0 Å². The van der Waals surface area contributed by atoms with Crippen LogP contribution in [0, 0.1) is 5.92 Å². The number of nitrogens with one attached hydrogen (secondary N) is 1. The maximum atomic E-state index is 12.2. The van der Waals surface area contributed by atoms with E-state index >= 15 is 0 Å². The summed E-state index contributed by atoms with van der Waals surface area (Å²) in [5, 5.41) is 11.9. The lowest BCUT2D eigenvalue weighted by molar-refractivity contribution is -0.144. The van der Waals surface area contributed by atoms with Gasteiger partial charge in [0, 0.05) is 26.1 Å². The van der Waals surface area contributed by atoms with Crippen LogP contribution in [0.1, 0.15) is 32.6 Å². The van der Waals surface area contributed by atoms with Gasteiger partial charge in [0.15, 0.2) is 5.54 Å². The molecule has 2 aliphatic heterocycles. The summed E-state index contributed by atoms with van der Waals surface area (Å²) in [6, 6.07) is -0.276. The SMILES string of the molecule is CCC1CCN(C(=O)NC2(C(=O)O)CCOC2)CC1. The van der Waals surface area contributed by atoms with Crippen molar-refractivity contribution in [2.24, 2.45) is 5.92 Å². The lowest BCUT2D eigenvalue weighted by Crippen LogP contribution is -2.59. The summed E-state index contributed by atoms with van der Waals surface area (Å²) < 4.78 is 5.13. The van der Waals surface area contributed by atoms with Crippen LogP contribution in [0.15, 0.2) is 0 Å². The van der Waals surface area contributed by atoms with E-state index in [0.717, 1.165) is 19.3 Å². The summed E-state index contributed by atoms with van der Waals surface area (Å²) in [5.41, 5.74) is -1.24. The molecule has 0 bridgehead atoms. The average Bonchev–Trinajstić information content (AvgIpc) is 2.88. The van der Waals surface area contributed by atoms with Crippen LogP contribution in [-0.4, -0.2) is 53.8 Å². The number of piperidine rings is 1. The normalized spacial score (nSPS) is 28.4. The zero-order valence-corrected chi connectivity index (χ0v) is 11.4. The van der Waals surface area contributed by atoms with Gasteiger partial charge in [0.2, 0.25) is 0 Å². The Morgan fingerprint density at radius 2 is 2.11 bits per heavy atom. The third kappa shape index (κ3) is 3.00. The predicted molar refractivity (Wildman–Crippen MR) is 68.9 cm³/mol. The Bertz CT molecular complexity index is 345. The zero-order valence-electron chi connectivity index (χ0n) is 11.4. The number of carbonyl (C=O) groups is 2. The monoisotopic (exact) mass is 270 g/mol. The summed E-state index contributed by atoms with van der Waals surface area (Å²) in [4.78, 5) is 25.2. The molecule has 0 aromatic carbocycles. The summed E-state index contributed by atoms with van der Waals surface area (Å²) in [5.74, 6) is -0.325. The van der Waals surface area contributed by atoms with Crippen LogP contribution >= 0.6 is 0 Å². The standard InChI is InChI=1S/C13H22N2O4/c1-2-10-3-6-15(7-4-10)12(18)14-13(11(16)17)5-8-19-9-13/h10H,2-9H2,1H3,(H,14,18)(H,16,17). The van der Waals surface area contributed by atoms with E-state index in [2.05, 4.69) is 12.2 Å². The van der Waals surface area contributed by atoms with E-state index < -0.39 is 11.5 Å². The Morgan fingerprint density at radius 3 is 2.58 bits per heavy atom. The molecule has 2 heterocycles. The number of carboxylic acids is 1. The molecule has 2 rings (SSSR count). The van der Waals surface area contributed by atoms with Crippen molar-refractivity contribution >= 4 is 12.0 Å². The van der Waals surface area contributed by atoms with Crippen molar-refractivity contribution in [3.63, 3.8) is 0 Å². The summed E-state index contributed by atoms with van der Waals surface area (Å²) in [7, 11) is 0. The van der Waals surface area contributed by atoms with Crippen LogP contribution in [0.2, 0.25) is 0 Å². The van der Waals surface area contributed by atoms with E-state index in [1.54, 1.807) is 4.90 Å². The second-order valence-corrected chi connectivity index (χ2v) is 5.46.